The van der Waals surface area contributed by atoms with Crippen LogP contribution in [0, 0.1) is 11.8 Å². The molecule has 0 saturated heterocycles. The van der Waals surface area contributed by atoms with Crippen LogP contribution in [-0.2, 0) is 25.4 Å². The smallest absolute Gasteiger partial charge is 0.405 e. The SMILES string of the molecule is C=CC=Nc1c(O)cc2c(O)c1C[C@@H](C)C[C@H](OC)[C@H](O)[C@@H](C)C=C(C)[C@H](OC(N)=O)[C@@H](OC)/C=C\C=C(/C)C(=O)N2. The number of benzene rings is 1. The number of allylic oxidation sites excluding steroid dienone is 3. The summed E-state index contributed by atoms with van der Waals surface area (Å²) in [5.41, 5.74) is 6.69. The molecule has 1 aliphatic heterocycles. The van der Waals surface area contributed by atoms with Crippen molar-refractivity contribution in [1.29, 1.82) is 0 Å². The molecule has 42 heavy (non-hydrogen) atoms. The lowest BCUT2D eigenvalue weighted by molar-refractivity contribution is -0.112. The molecule has 1 aromatic carbocycles. The number of primary amides is 1. The number of phenols is 2. The van der Waals surface area contributed by atoms with Gasteiger partial charge in [-0.25, -0.2) is 4.79 Å². The lowest BCUT2D eigenvalue weighted by Gasteiger charge is -2.29. The molecule has 1 aromatic rings. The fraction of sp³-hybridized carbons (Fsp3) is 0.452. The Balaban J connectivity index is 2.69. The van der Waals surface area contributed by atoms with Crippen molar-refractivity contribution in [2.45, 2.75) is 65.0 Å². The number of carbonyl (C=O) groups excluding carboxylic acids is 2. The first kappa shape index (κ1) is 34.3. The second kappa shape index (κ2) is 15.9. The van der Waals surface area contributed by atoms with Crippen LogP contribution >= 0.6 is 0 Å². The number of hydrogen-bond donors (Lipinski definition) is 5. The number of rotatable bonds is 5. The summed E-state index contributed by atoms with van der Waals surface area (Å²) in [6.07, 6.45) is 5.69. The Morgan fingerprint density at radius 2 is 1.90 bits per heavy atom. The number of fused-ring (bicyclic) bond motifs is 2. The Bertz CT molecular complexity index is 1250. The van der Waals surface area contributed by atoms with Gasteiger partial charge in [-0.15, -0.1) is 0 Å². The second-order valence-electron chi connectivity index (χ2n) is 10.5. The largest absolute Gasteiger partial charge is 0.506 e. The molecule has 1 heterocycles. The molecule has 0 aromatic heterocycles. The molecule has 0 spiro atoms. The number of ether oxygens (including phenoxy) is 3. The molecule has 0 fully saturated rings. The standard InChI is InChI=1S/C31H43N3O8/c1-8-12-33-26-21-13-17(2)14-25(41-7)27(36)19(4)15-20(5)29(42-31(32)39)24(40-6)11-9-10-18(3)30(38)34-22(28(21)37)16-23(26)35/h8-12,15-17,19,24-25,27,29,35-37H,1,13-14H2,2-7H3,(H2,32,39)(H,34,38)/b11-9-,18-10+,20-15?,33-12?/t17-,19+,24+,25+,27-,29+/m1/s1. The van der Waals surface area contributed by atoms with Gasteiger partial charge in [0.05, 0.1) is 17.9 Å². The van der Waals surface area contributed by atoms with Crippen molar-refractivity contribution < 1.29 is 39.1 Å². The average molecular weight is 586 g/mol. The number of phenolic OH excluding ortho intramolecular Hbond substituents is 2. The van der Waals surface area contributed by atoms with Gasteiger partial charge in [0.25, 0.3) is 5.91 Å². The molecular weight excluding hydrogens is 542 g/mol. The van der Waals surface area contributed by atoms with Gasteiger partial charge >= 0.3 is 6.09 Å². The summed E-state index contributed by atoms with van der Waals surface area (Å²) in [6.45, 7) is 10.6. The lowest BCUT2D eigenvalue weighted by atomic mass is 9.87. The number of aromatic hydroxyl groups is 2. The fourth-order valence-corrected chi connectivity index (χ4v) is 4.87. The number of anilines is 1. The van der Waals surface area contributed by atoms with Gasteiger partial charge in [0.2, 0.25) is 0 Å². The van der Waals surface area contributed by atoms with E-state index in [-0.39, 0.29) is 40.8 Å². The molecule has 2 amide bonds. The Morgan fingerprint density at radius 1 is 1.21 bits per heavy atom. The molecule has 11 heteroatoms. The predicted octanol–water partition coefficient (Wildman–Crippen LogP) is 4.45. The molecule has 2 rings (SSSR count). The average Bonchev–Trinajstić information content (AvgIpc) is 2.94. The number of aliphatic hydroxyl groups excluding tert-OH is 1. The molecule has 0 unspecified atom stereocenters. The fourth-order valence-electron chi connectivity index (χ4n) is 4.87. The van der Waals surface area contributed by atoms with Crippen molar-refractivity contribution in [3.05, 3.63) is 59.7 Å². The topological polar surface area (TPSA) is 173 Å². The highest BCUT2D eigenvalue weighted by atomic mass is 16.6. The van der Waals surface area contributed by atoms with Crippen molar-refractivity contribution in [3.8, 4) is 11.5 Å². The summed E-state index contributed by atoms with van der Waals surface area (Å²) in [6, 6.07) is 1.23. The summed E-state index contributed by atoms with van der Waals surface area (Å²) in [4.78, 5) is 29.0. The maximum absolute atomic E-state index is 13.0. The predicted molar refractivity (Wildman–Crippen MR) is 162 cm³/mol. The zero-order chi connectivity index (χ0) is 31.6. The van der Waals surface area contributed by atoms with Crippen molar-refractivity contribution in [3.63, 3.8) is 0 Å². The lowest BCUT2D eigenvalue weighted by Crippen LogP contribution is -2.37. The van der Waals surface area contributed by atoms with Crippen LogP contribution in [0.4, 0.5) is 16.2 Å². The van der Waals surface area contributed by atoms with Crippen molar-refractivity contribution in [2.24, 2.45) is 22.6 Å². The van der Waals surface area contributed by atoms with Gasteiger partial charge in [-0.3, -0.25) is 9.79 Å². The highest BCUT2D eigenvalue weighted by molar-refractivity contribution is 6.04. The van der Waals surface area contributed by atoms with E-state index in [1.807, 2.05) is 13.8 Å². The molecule has 1 aliphatic rings. The Kier molecular flexibility index (Phi) is 13.0. The van der Waals surface area contributed by atoms with Gasteiger partial charge in [-0.2, -0.15) is 0 Å². The monoisotopic (exact) mass is 585 g/mol. The zero-order valence-electron chi connectivity index (χ0n) is 25.0. The van der Waals surface area contributed by atoms with E-state index in [2.05, 4.69) is 16.9 Å². The number of nitrogens with one attached hydrogen (secondary N) is 1. The summed E-state index contributed by atoms with van der Waals surface area (Å²) in [7, 11) is 2.94. The van der Waals surface area contributed by atoms with Gasteiger partial charge in [0.15, 0.2) is 6.10 Å². The van der Waals surface area contributed by atoms with Crippen LogP contribution < -0.4 is 11.1 Å². The van der Waals surface area contributed by atoms with Gasteiger partial charge in [0.1, 0.15) is 23.3 Å². The van der Waals surface area contributed by atoms with E-state index in [1.54, 1.807) is 32.1 Å². The summed E-state index contributed by atoms with van der Waals surface area (Å²) < 4.78 is 16.6. The summed E-state index contributed by atoms with van der Waals surface area (Å²) >= 11 is 0. The van der Waals surface area contributed by atoms with E-state index in [0.29, 0.717) is 17.6 Å². The molecule has 6 N–H and O–H groups in total. The highest BCUT2D eigenvalue weighted by Gasteiger charge is 2.30. The number of carbonyl (C=O) groups is 2. The molecular formula is C31H43N3O8. The number of amides is 2. The van der Waals surface area contributed by atoms with E-state index >= 15 is 0 Å². The number of aliphatic imine (C=N–C) groups is 1. The number of aliphatic hydroxyl groups is 1. The maximum Gasteiger partial charge on any atom is 0.405 e. The molecule has 0 aliphatic carbocycles. The highest BCUT2D eigenvalue weighted by Crippen LogP contribution is 2.44. The molecule has 230 valence electrons. The van der Waals surface area contributed by atoms with Crippen LogP contribution in [0.5, 0.6) is 11.5 Å². The third-order valence-electron chi connectivity index (χ3n) is 7.11. The number of hydrogen-bond acceptors (Lipinski definition) is 9. The summed E-state index contributed by atoms with van der Waals surface area (Å²) in [5.74, 6) is -1.61. The van der Waals surface area contributed by atoms with Crippen LogP contribution in [0.2, 0.25) is 0 Å². The second-order valence-corrected chi connectivity index (χ2v) is 10.5. The van der Waals surface area contributed by atoms with Crippen molar-refractivity contribution >= 4 is 29.6 Å². The van der Waals surface area contributed by atoms with Crippen LogP contribution in [-0.4, -0.2) is 72.2 Å². The number of methoxy groups -OCH3 is 2. The Labute approximate surface area is 247 Å². The van der Waals surface area contributed by atoms with E-state index in [9.17, 15) is 24.9 Å². The van der Waals surface area contributed by atoms with Gasteiger partial charge in [-0.1, -0.05) is 50.8 Å². The minimum atomic E-state index is -0.994. The minimum Gasteiger partial charge on any atom is -0.506 e. The van der Waals surface area contributed by atoms with E-state index in [1.165, 1.54) is 38.7 Å². The quantitative estimate of drug-likeness (QED) is 0.146. The normalized spacial score (nSPS) is 28.3. The van der Waals surface area contributed by atoms with Crippen molar-refractivity contribution in [2.75, 3.05) is 19.5 Å². The van der Waals surface area contributed by atoms with Gasteiger partial charge in [0, 0.05) is 43.6 Å². The first-order valence-corrected chi connectivity index (χ1v) is 13.6. The van der Waals surface area contributed by atoms with E-state index in [0.717, 1.165) is 0 Å². The minimum absolute atomic E-state index is 0.00774. The van der Waals surface area contributed by atoms with Crippen LogP contribution in [0.3, 0.4) is 0 Å². The Hall–Kier alpha value is -3.93. The van der Waals surface area contributed by atoms with Crippen LogP contribution in [0.15, 0.2) is 59.2 Å². The van der Waals surface area contributed by atoms with E-state index in [4.69, 9.17) is 19.9 Å². The van der Waals surface area contributed by atoms with Crippen LogP contribution in [0.25, 0.3) is 0 Å². The van der Waals surface area contributed by atoms with E-state index < -0.39 is 42.3 Å². The zero-order valence-corrected chi connectivity index (χ0v) is 25.0. The van der Waals surface area contributed by atoms with Crippen molar-refractivity contribution in [1.82, 2.24) is 0 Å². The summed E-state index contributed by atoms with van der Waals surface area (Å²) in [5, 5.41) is 35.9. The molecule has 0 radical (unpaired) electrons. The van der Waals surface area contributed by atoms with Gasteiger partial charge < -0.3 is 40.6 Å². The third-order valence-corrected chi connectivity index (χ3v) is 7.11. The molecule has 6 atom stereocenters. The van der Waals surface area contributed by atoms with Crippen LogP contribution in [0.1, 0.15) is 39.7 Å². The molecule has 0 saturated carbocycles. The Morgan fingerprint density at radius 3 is 2.50 bits per heavy atom. The first-order chi connectivity index (χ1) is 19.8. The maximum atomic E-state index is 13.0. The molecule has 11 nitrogen and oxygen atoms in total. The number of nitrogens with two attached hydrogens (primary N) is 1. The molecule has 2 bridgehead atoms. The third kappa shape index (κ3) is 9.04. The van der Waals surface area contributed by atoms with Gasteiger partial charge in [-0.05, 0) is 38.2 Å². The number of nitrogens with zero attached hydrogens (tertiary/aromatic N) is 1. The first-order valence-electron chi connectivity index (χ1n) is 13.6.